The quantitative estimate of drug-likeness (QED) is 0.464. The minimum absolute atomic E-state index is 0.227. The number of ether oxygens (including phenoxy) is 2. The van der Waals surface area contributed by atoms with Gasteiger partial charge in [0, 0.05) is 10.7 Å². The van der Waals surface area contributed by atoms with E-state index in [9.17, 15) is 14.9 Å². The molecule has 0 aliphatic heterocycles. The maximum Gasteiger partial charge on any atom is 0.349 e. The molecule has 1 amide bonds. The van der Waals surface area contributed by atoms with Gasteiger partial charge in [0.2, 0.25) is 0 Å². The highest BCUT2D eigenvalue weighted by Gasteiger charge is 2.20. The molecule has 0 fully saturated rings. The standard InChI is InChI=1S/C20H17ClN2O4/c1-13(19(24)23-17-8-6-16(21)7-9-17)27-20(25)15(12-22)10-14-4-3-5-18(11-14)26-2/h3-11,13H,1-2H3,(H,23,24)/b15-10+/t13-/m0/s1. The average molecular weight is 385 g/mol. The van der Waals surface area contributed by atoms with Crippen molar-refractivity contribution in [3.8, 4) is 11.8 Å². The van der Waals surface area contributed by atoms with Crippen LogP contribution in [0.15, 0.2) is 54.1 Å². The first-order chi connectivity index (χ1) is 12.9. The second-order valence-corrected chi connectivity index (χ2v) is 5.93. The summed E-state index contributed by atoms with van der Waals surface area (Å²) in [6.45, 7) is 1.42. The van der Waals surface area contributed by atoms with Crippen molar-refractivity contribution in [2.45, 2.75) is 13.0 Å². The summed E-state index contributed by atoms with van der Waals surface area (Å²) < 4.78 is 10.2. The van der Waals surface area contributed by atoms with Gasteiger partial charge in [0.05, 0.1) is 7.11 Å². The lowest BCUT2D eigenvalue weighted by Crippen LogP contribution is -2.30. The van der Waals surface area contributed by atoms with E-state index in [2.05, 4.69) is 5.32 Å². The first kappa shape index (κ1) is 20.0. The fourth-order valence-electron chi connectivity index (χ4n) is 2.09. The second kappa shape index (κ2) is 9.41. The highest BCUT2D eigenvalue weighted by atomic mass is 35.5. The average Bonchev–Trinajstić information content (AvgIpc) is 2.67. The van der Waals surface area contributed by atoms with Crippen molar-refractivity contribution in [3.63, 3.8) is 0 Å². The van der Waals surface area contributed by atoms with Gasteiger partial charge in [0.25, 0.3) is 5.91 Å². The Hall–Kier alpha value is -3.30. The lowest BCUT2D eigenvalue weighted by Gasteiger charge is -2.13. The molecule has 2 aromatic carbocycles. The number of nitriles is 1. The van der Waals surface area contributed by atoms with E-state index in [0.29, 0.717) is 22.0 Å². The lowest BCUT2D eigenvalue weighted by molar-refractivity contribution is -0.148. The summed E-state index contributed by atoms with van der Waals surface area (Å²) in [5, 5.41) is 12.4. The van der Waals surface area contributed by atoms with E-state index in [4.69, 9.17) is 21.1 Å². The van der Waals surface area contributed by atoms with Gasteiger partial charge in [-0.25, -0.2) is 4.79 Å². The Balaban J connectivity index is 2.04. The molecule has 2 aromatic rings. The molecule has 7 heteroatoms. The Morgan fingerprint density at radius 2 is 1.93 bits per heavy atom. The van der Waals surface area contributed by atoms with Crippen molar-refractivity contribution in [2.75, 3.05) is 12.4 Å². The van der Waals surface area contributed by atoms with Gasteiger partial charge in [-0.15, -0.1) is 0 Å². The number of hydrogen-bond acceptors (Lipinski definition) is 5. The van der Waals surface area contributed by atoms with Gasteiger partial charge in [-0.2, -0.15) is 5.26 Å². The van der Waals surface area contributed by atoms with Crippen LogP contribution in [0.4, 0.5) is 5.69 Å². The van der Waals surface area contributed by atoms with E-state index in [1.807, 2.05) is 0 Å². The number of esters is 1. The zero-order chi connectivity index (χ0) is 19.8. The SMILES string of the molecule is COc1cccc(/C=C(\C#N)C(=O)O[C@@H](C)C(=O)Nc2ccc(Cl)cc2)c1. The number of rotatable bonds is 6. The lowest BCUT2D eigenvalue weighted by atomic mass is 10.1. The Kier molecular flexibility index (Phi) is 6.98. The van der Waals surface area contributed by atoms with Gasteiger partial charge in [0.1, 0.15) is 17.4 Å². The predicted molar refractivity (Wildman–Crippen MR) is 102 cm³/mol. The zero-order valence-corrected chi connectivity index (χ0v) is 15.5. The summed E-state index contributed by atoms with van der Waals surface area (Å²) in [5.74, 6) is -0.825. The maximum atomic E-state index is 12.2. The molecule has 0 bridgehead atoms. The van der Waals surface area contributed by atoms with Crippen LogP contribution in [0.25, 0.3) is 6.08 Å². The molecule has 2 rings (SSSR count). The molecule has 0 aliphatic rings. The van der Waals surface area contributed by atoms with Crippen LogP contribution < -0.4 is 10.1 Å². The molecular weight excluding hydrogens is 368 g/mol. The first-order valence-corrected chi connectivity index (χ1v) is 8.34. The maximum absolute atomic E-state index is 12.2. The van der Waals surface area contributed by atoms with Crippen LogP contribution in [-0.4, -0.2) is 25.1 Å². The van der Waals surface area contributed by atoms with E-state index in [1.54, 1.807) is 54.6 Å². The predicted octanol–water partition coefficient (Wildman–Crippen LogP) is 3.83. The van der Waals surface area contributed by atoms with Gasteiger partial charge < -0.3 is 14.8 Å². The molecule has 0 unspecified atom stereocenters. The molecule has 1 N–H and O–H groups in total. The van der Waals surface area contributed by atoms with Crippen molar-refractivity contribution in [3.05, 3.63) is 64.7 Å². The number of hydrogen-bond donors (Lipinski definition) is 1. The number of carbonyl (C=O) groups is 2. The molecule has 0 radical (unpaired) electrons. The largest absolute Gasteiger partial charge is 0.497 e. The van der Waals surface area contributed by atoms with Crippen molar-refractivity contribution >= 4 is 35.2 Å². The Bertz CT molecular complexity index is 901. The molecule has 0 saturated carbocycles. The van der Waals surface area contributed by atoms with Crippen LogP contribution in [0, 0.1) is 11.3 Å². The second-order valence-electron chi connectivity index (χ2n) is 5.49. The summed E-state index contributed by atoms with van der Waals surface area (Å²) in [6, 6.07) is 15.1. The van der Waals surface area contributed by atoms with E-state index in [0.717, 1.165) is 0 Å². The van der Waals surface area contributed by atoms with Gasteiger partial charge in [-0.05, 0) is 55.0 Å². The molecule has 0 aromatic heterocycles. The summed E-state index contributed by atoms with van der Waals surface area (Å²) in [4.78, 5) is 24.3. The minimum atomic E-state index is -1.09. The number of carbonyl (C=O) groups excluding carboxylic acids is 2. The number of amides is 1. The number of benzene rings is 2. The van der Waals surface area contributed by atoms with Crippen LogP contribution in [0.3, 0.4) is 0 Å². The third-order valence-electron chi connectivity index (χ3n) is 3.51. The third kappa shape index (κ3) is 5.87. The zero-order valence-electron chi connectivity index (χ0n) is 14.7. The molecule has 138 valence electrons. The molecule has 0 spiro atoms. The van der Waals surface area contributed by atoms with Crippen LogP contribution >= 0.6 is 11.6 Å². The van der Waals surface area contributed by atoms with E-state index in [1.165, 1.54) is 20.1 Å². The minimum Gasteiger partial charge on any atom is -0.497 e. The fraction of sp³-hybridized carbons (Fsp3) is 0.150. The van der Waals surface area contributed by atoms with E-state index >= 15 is 0 Å². The van der Waals surface area contributed by atoms with Crippen LogP contribution in [0.5, 0.6) is 5.75 Å². The first-order valence-electron chi connectivity index (χ1n) is 7.96. The molecular formula is C20H17ClN2O4. The van der Waals surface area contributed by atoms with Crippen LogP contribution in [0.2, 0.25) is 5.02 Å². The Labute approximate surface area is 162 Å². The van der Waals surface area contributed by atoms with Crippen molar-refractivity contribution in [2.24, 2.45) is 0 Å². The van der Waals surface area contributed by atoms with Gasteiger partial charge in [-0.1, -0.05) is 23.7 Å². The highest BCUT2D eigenvalue weighted by Crippen LogP contribution is 2.17. The molecule has 0 aliphatic carbocycles. The van der Waals surface area contributed by atoms with E-state index in [-0.39, 0.29) is 5.57 Å². The number of nitrogens with one attached hydrogen (secondary N) is 1. The van der Waals surface area contributed by atoms with Crippen molar-refractivity contribution < 1.29 is 19.1 Å². The molecule has 27 heavy (non-hydrogen) atoms. The molecule has 0 heterocycles. The summed E-state index contributed by atoms with van der Waals surface area (Å²) in [5.41, 5.74) is 0.884. The Morgan fingerprint density at radius 3 is 2.56 bits per heavy atom. The third-order valence-corrected chi connectivity index (χ3v) is 3.76. The van der Waals surface area contributed by atoms with Gasteiger partial charge in [0.15, 0.2) is 6.10 Å². The highest BCUT2D eigenvalue weighted by molar-refractivity contribution is 6.30. The van der Waals surface area contributed by atoms with Crippen molar-refractivity contribution in [1.82, 2.24) is 0 Å². The summed E-state index contributed by atoms with van der Waals surface area (Å²) in [6.07, 6.45) is 0.282. The monoisotopic (exact) mass is 384 g/mol. The smallest absolute Gasteiger partial charge is 0.349 e. The topological polar surface area (TPSA) is 88.4 Å². The van der Waals surface area contributed by atoms with Gasteiger partial charge >= 0.3 is 5.97 Å². The number of halogens is 1. The molecule has 1 atom stereocenters. The normalized spacial score (nSPS) is 11.9. The fourth-order valence-corrected chi connectivity index (χ4v) is 2.22. The van der Waals surface area contributed by atoms with E-state index < -0.39 is 18.0 Å². The van der Waals surface area contributed by atoms with Crippen LogP contribution in [0.1, 0.15) is 12.5 Å². The number of nitrogens with zero attached hydrogens (tertiary/aromatic N) is 1. The summed E-state index contributed by atoms with van der Waals surface area (Å²) >= 11 is 5.79. The van der Waals surface area contributed by atoms with Crippen LogP contribution in [-0.2, 0) is 14.3 Å². The van der Waals surface area contributed by atoms with Gasteiger partial charge in [-0.3, -0.25) is 4.79 Å². The number of methoxy groups -OCH3 is 1. The van der Waals surface area contributed by atoms with Crippen molar-refractivity contribution in [1.29, 1.82) is 5.26 Å². The summed E-state index contributed by atoms with van der Waals surface area (Å²) in [7, 11) is 1.52. The number of anilines is 1. The molecule has 0 saturated heterocycles. The molecule has 6 nitrogen and oxygen atoms in total. The Morgan fingerprint density at radius 1 is 1.22 bits per heavy atom.